The molecule has 0 saturated heterocycles. The molecule has 8 heteroatoms. The first-order valence-corrected chi connectivity index (χ1v) is 8.50. The third kappa shape index (κ3) is 2.61. The maximum atomic E-state index is 12.5. The Kier molecular flexibility index (Phi) is 3.56. The summed E-state index contributed by atoms with van der Waals surface area (Å²) in [6.45, 7) is 0.665. The molecule has 2 aromatic rings. The summed E-state index contributed by atoms with van der Waals surface area (Å²) in [6.07, 6.45) is -0.379. The number of hydrogen-bond acceptors (Lipinski definition) is 7. The Morgan fingerprint density at radius 3 is 2.70 bits per heavy atom. The van der Waals surface area contributed by atoms with Crippen LogP contribution in [0.5, 0.6) is 23.0 Å². The van der Waals surface area contributed by atoms with E-state index in [1.807, 2.05) is 18.2 Å². The quantitative estimate of drug-likeness (QED) is 0.820. The minimum Gasteiger partial charge on any atom is -0.454 e. The van der Waals surface area contributed by atoms with Crippen molar-refractivity contribution < 1.29 is 33.3 Å². The van der Waals surface area contributed by atoms with E-state index in [0.717, 1.165) is 11.3 Å². The molecule has 0 saturated carbocycles. The maximum Gasteiger partial charge on any atom is 0.343 e. The number of rotatable bonds is 4. The molecule has 0 bridgehead atoms. The van der Waals surface area contributed by atoms with Crippen LogP contribution in [0.2, 0.25) is 0 Å². The van der Waals surface area contributed by atoms with E-state index in [1.54, 1.807) is 12.1 Å². The molecule has 8 nitrogen and oxygen atoms in total. The van der Waals surface area contributed by atoms with Crippen molar-refractivity contribution in [3.8, 4) is 23.0 Å². The Morgan fingerprint density at radius 1 is 1.00 bits per heavy atom. The van der Waals surface area contributed by atoms with Crippen molar-refractivity contribution in [1.29, 1.82) is 0 Å². The third-order valence-corrected chi connectivity index (χ3v) is 4.67. The minimum absolute atomic E-state index is 0.0471. The van der Waals surface area contributed by atoms with Gasteiger partial charge in [-0.1, -0.05) is 6.07 Å². The largest absolute Gasteiger partial charge is 0.454 e. The van der Waals surface area contributed by atoms with Crippen molar-refractivity contribution >= 4 is 11.9 Å². The van der Waals surface area contributed by atoms with Gasteiger partial charge < -0.3 is 29.0 Å². The first-order valence-electron chi connectivity index (χ1n) is 8.50. The highest BCUT2D eigenvalue weighted by Gasteiger charge is 2.40. The first-order chi connectivity index (χ1) is 13.2. The fourth-order valence-electron chi connectivity index (χ4n) is 3.36. The number of nitrogens with one attached hydrogen (secondary N) is 1. The molecule has 2 aromatic carbocycles. The standard InChI is InChI=1S/C19H15NO7/c21-18(20-6-5-10-1-3-12-14(7-10)25-8-23-12)16-11-2-4-13-17(26-9-24-13)15(11)19(22)27-16/h1-4,7,16H,5-6,8-9H2,(H,20,21). The fourth-order valence-corrected chi connectivity index (χ4v) is 3.36. The van der Waals surface area contributed by atoms with E-state index in [9.17, 15) is 9.59 Å². The SMILES string of the molecule is O=C1OC(C(=O)NCCc2ccc3c(c2)OCO3)c2ccc3c(c21)OCO3. The molecule has 3 aliphatic rings. The molecule has 0 radical (unpaired) electrons. The van der Waals surface area contributed by atoms with E-state index in [2.05, 4.69) is 5.32 Å². The van der Waals surface area contributed by atoms with Crippen molar-refractivity contribution in [1.82, 2.24) is 5.32 Å². The summed E-state index contributed by atoms with van der Waals surface area (Å²) in [5.74, 6) is 1.29. The molecule has 1 N–H and O–H groups in total. The van der Waals surface area contributed by atoms with E-state index in [0.29, 0.717) is 35.8 Å². The van der Waals surface area contributed by atoms with Crippen molar-refractivity contribution in [2.75, 3.05) is 20.1 Å². The predicted molar refractivity (Wildman–Crippen MR) is 90.0 cm³/mol. The molecule has 1 unspecified atom stereocenters. The van der Waals surface area contributed by atoms with Crippen LogP contribution in [-0.2, 0) is 16.0 Å². The average Bonchev–Trinajstić information content (AvgIpc) is 3.38. The van der Waals surface area contributed by atoms with Crippen molar-refractivity contribution in [3.63, 3.8) is 0 Å². The molecular formula is C19H15NO7. The second-order valence-corrected chi connectivity index (χ2v) is 6.28. The summed E-state index contributed by atoms with van der Waals surface area (Å²) in [5, 5.41) is 2.81. The highest BCUT2D eigenvalue weighted by Crippen LogP contribution is 2.44. The van der Waals surface area contributed by atoms with Crippen LogP contribution in [0.1, 0.15) is 27.6 Å². The van der Waals surface area contributed by atoms with E-state index in [-0.39, 0.29) is 25.1 Å². The van der Waals surface area contributed by atoms with Gasteiger partial charge in [0.1, 0.15) is 5.56 Å². The Balaban J connectivity index is 1.26. The Bertz CT molecular complexity index is 955. The summed E-state index contributed by atoms with van der Waals surface area (Å²) < 4.78 is 26.5. The van der Waals surface area contributed by atoms with Crippen molar-refractivity contribution in [3.05, 3.63) is 47.0 Å². The number of carbonyl (C=O) groups is 2. The number of benzene rings is 2. The minimum atomic E-state index is -0.987. The zero-order valence-electron chi connectivity index (χ0n) is 14.2. The fraction of sp³-hybridized carbons (Fsp3) is 0.263. The zero-order valence-corrected chi connectivity index (χ0v) is 14.2. The van der Waals surface area contributed by atoms with Crippen LogP contribution >= 0.6 is 0 Å². The van der Waals surface area contributed by atoms with Gasteiger partial charge in [-0.15, -0.1) is 0 Å². The van der Waals surface area contributed by atoms with Gasteiger partial charge in [-0.25, -0.2) is 4.79 Å². The van der Waals surface area contributed by atoms with E-state index in [4.69, 9.17) is 23.7 Å². The van der Waals surface area contributed by atoms with E-state index >= 15 is 0 Å². The highest BCUT2D eigenvalue weighted by atomic mass is 16.7. The lowest BCUT2D eigenvalue weighted by atomic mass is 10.0. The maximum absolute atomic E-state index is 12.5. The van der Waals surface area contributed by atoms with Crippen LogP contribution < -0.4 is 24.3 Å². The van der Waals surface area contributed by atoms with Gasteiger partial charge in [0.2, 0.25) is 19.7 Å². The van der Waals surface area contributed by atoms with Gasteiger partial charge in [-0.3, -0.25) is 4.79 Å². The topological polar surface area (TPSA) is 92.3 Å². The predicted octanol–water partition coefficient (Wildman–Crippen LogP) is 1.71. The summed E-state index contributed by atoms with van der Waals surface area (Å²) in [5.41, 5.74) is 1.76. The zero-order chi connectivity index (χ0) is 18.4. The lowest BCUT2D eigenvalue weighted by Gasteiger charge is -2.11. The van der Waals surface area contributed by atoms with Gasteiger partial charge in [-0.05, 0) is 36.2 Å². The van der Waals surface area contributed by atoms with Gasteiger partial charge >= 0.3 is 5.97 Å². The van der Waals surface area contributed by atoms with Crippen LogP contribution in [0.3, 0.4) is 0 Å². The van der Waals surface area contributed by atoms with Crippen LogP contribution in [-0.4, -0.2) is 32.0 Å². The second kappa shape index (κ2) is 6.08. The average molecular weight is 369 g/mol. The molecule has 1 amide bonds. The van der Waals surface area contributed by atoms with Gasteiger partial charge in [0.05, 0.1) is 0 Å². The molecule has 3 aliphatic heterocycles. The molecule has 0 fully saturated rings. The normalized spacial score (nSPS) is 18.2. The first kappa shape index (κ1) is 15.8. The van der Waals surface area contributed by atoms with Gasteiger partial charge in [0, 0.05) is 12.1 Å². The highest BCUT2D eigenvalue weighted by molar-refractivity contribution is 6.02. The number of esters is 1. The summed E-state index contributed by atoms with van der Waals surface area (Å²) >= 11 is 0. The Morgan fingerprint density at radius 2 is 1.78 bits per heavy atom. The molecule has 27 heavy (non-hydrogen) atoms. The molecule has 5 rings (SSSR count). The van der Waals surface area contributed by atoms with Crippen LogP contribution in [0, 0.1) is 0 Å². The van der Waals surface area contributed by atoms with Crippen molar-refractivity contribution in [2.24, 2.45) is 0 Å². The summed E-state index contributed by atoms with van der Waals surface area (Å²) in [6, 6.07) is 8.99. The van der Waals surface area contributed by atoms with E-state index in [1.165, 1.54) is 0 Å². The molecule has 138 valence electrons. The number of cyclic esters (lactones) is 1. The number of carbonyl (C=O) groups excluding carboxylic acids is 2. The number of amides is 1. The monoisotopic (exact) mass is 369 g/mol. The van der Waals surface area contributed by atoms with Crippen molar-refractivity contribution in [2.45, 2.75) is 12.5 Å². The number of hydrogen-bond donors (Lipinski definition) is 1. The smallest absolute Gasteiger partial charge is 0.343 e. The van der Waals surface area contributed by atoms with Gasteiger partial charge in [-0.2, -0.15) is 0 Å². The molecule has 0 aromatic heterocycles. The lowest BCUT2D eigenvalue weighted by Crippen LogP contribution is -2.31. The molecule has 0 spiro atoms. The second-order valence-electron chi connectivity index (χ2n) is 6.28. The van der Waals surface area contributed by atoms with Crippen LogP contribution in [0.25, 0.3) is 0 Å². The van der Waals surface area contributed by atoms with E-state index < -0.39 is 12.1 Å². The number of fused-ring (bicyclic) bond motifs is 4. The third-order valence-electron chi connectivity index (χ3n) is 4.67. The van der Waals surface area contributed by atoms with Gasteiger partial charge in [0.25, 0.3) is 5.91 Å². The molecular weight excluding hydrogens is 354 g/mol. The Hall–Kier alpha value is -3.42. The number of ether oxygens (including phenoxy) is 5. The summed E-state index contributed by atoms with van der Waals surface area (Å²) in [7, 11) is 0. The summed E-state index contributed by atoms with van der Waals surface area (Å²) in [4.78, 5) is 24.7. The molecule has 0 aliphatic carbocycles. The molecule has 3 heterocycles. The van der Waals surface area contributed by atoms with Gasteiger partial charge in [0.15, 0.2) is 23.0 Å². The van der Waals surface area contributed by atoms with Crippen LogP contribution in [0.15, 0.2) is 30.3 Å². The van der Waals surface area contributed by atoms with Crippen LogP contribution in [0.4, 0.5) is 0 Å². The Labute approximate surface area is 153 Å². The molecule has 1 atom stereocenters. The lowest BCUT2D eigenvalue weighted by molar-refractivity contribution is -0.129.